The number of nitrogens with zero attached hydrogens (tertiary/aromatic N) is 7. The number of rotatable bonds is 11. The molecule has 11 amide bonds. The number of likely N-dealkylation sites (N-methyl/N-ethyl adjacent to an activating group) is 7. The number of carbonyl (C=O) groups is 11. The first kappa shape index (κ1) is 72.1. The summed E-state index contributed by atoms with van der Waals surface area (Å²) in [5, 5.41) is 11.6. The van der Waals surface area contributed by atoms with E-state index in [1.807, 2.05) is 34.6 Å². The fraction of sp³-hybridized carbons (Fsp3) is 0.623. The third kappa shape index (κ3) is 21.1. The molecule has 472 valence electrons. The van der Waals surface area contributed by atoms with E-state index >= 15 is 0 Å². The summed E-state index contributed by atoms with van der Waals surface area (Å²) in [6.07, 6.45) is 0.559. The van der Waals surface area contributed by atoms with Crippen LogP contribution < -0.4 is 21.3 Å². The van der Waals surface area contributed by atoms with Crippen molar-refractivity contribution in [3.63, 3.8) is 0 Å². The molecular weight excluding hydrogens is 1120 g/mol. The maximum atomic E-state index is 14.8. The molecule has 0 radical (unpaired) electrons. The Morgan fingerprint density at radius 1 is 0.576 bits per heavy atom. The van der Waals surface area contributed by atoms with Gasteiger partial charge < -0.3 is 55.6 Å². The first-order valence-corrected chi connectivity index (χ1v) is 29.4. The first-order chi connectivity index (χ1) is 39.5. The Bertz CT molecular complexity index is 2690. The topological polar surface area (TPSA) is 259 Å². The summed E-state index contributed by atoms with van der Waals surface area (Å²) >= 11 is 6.20. The molecule has 0 unspecified atom stereocenters. The molecule has 1 aliphatic heterocycles. The van der Waals surface area contributed by atoms with Crippen molar-refractivity contribution in [3.05, 3.63) is 70.5 Å². The van der Waals surface area contributed by atoms with Gasteiger partial charge in [0.15, 0.2) is 0 Å². The molecule has 1 aliphatic rings. The molecule has 24 heteroatoms. The van der Waals surface area contributed by atoms with Crippen LogP contribution in [0.4, 0.5) is 4.39 Å². The SMILES string of the molecule is CC[C@H](C)[C@@H]1NC(=O)[C@H](C)N(C)C(=O)C[C@@H](C)NC(=O)[C@H](CC(C)C)N(C)C(=O)C(C)(C)NC(=O)[C@H](CC(C)C)N(C)C(=O)[C@H](CCc2ccc(F)cc2)NC(=O)CN(C)C(=O)[C@H](Cc2ccc(Cl)cc2)N(C)C(=O)CN(C)C(=O)CN(C)C1=O. The molecule has 4 N–H and O–H groups in total. The van der Waals surface area contributed by atoms with Crippen LogP contribution >= 0.6 is 11.6 Å². The Balaban J connectivity index is 2.17. The Labute approximate surface area is 506 Å². The molecule has 1 fully saturated rings. The van der Waals surface area contributed by atoms with Crippen LogP contribution in [0.5, 0.6) is 0 Å². The fourth-order valence-electron chi connectivity index (χ4n) is 9.80. The van der Waals surface area contributed by atoms with Gasteiger partial charge in [0.25, 0.3) is 0 Å². The second-order valence-electron chi connectivity index (χ2n) is 24.2. The summed E-state index contributed by atoms with van der Waals surface area (Å²) < 4.78 is 14.0. The van der Waals surface area contributed by atoms with Gasteiger partial charge in [-0.05, 0) is 107 Å². The largest absolute Gasteiger partial charge is 0.351 e. The van der Waals surface area contributed by atoms with E-state index in [1.165, 1.54) is 109 Å². The highest BCUT2D eigenvalue weighted by Crippen LogP contribution is 2.22. The van der Waals surface area contributed by atoms with E-state index in [0.717, 1.165) is 19.6 Å². The minimum Gasteiger partial charge on any atom is -0.351 e. The van der Waals surface area contributed by atoms with Crippen LogP contribution in [0, 0.1) is 23.6 Å². The van der Waals surface area contributed by atoms with Gasteiger partial charge in [0.2, 0.25) is 65.0 Å². The van der Waals surface area contributed by atoms with Crippen LogP contribution in [-0.2, 0) is 65.6 Å². The van der Waals surface area contributed by atoms with Gasteiger partial charge in [0, 0.05) is 73.2 Å². The molecule has 1 saturated heterocycles. The number of nitrogens with one attached hydrogen (secondary N) is 4. The molecule has 0 aromatic heterocycles. The zero-order valence-corrected chi connectivity index (χ0v) is 53.6. The minimum atomic E-state index is -1.67. The van der Waals surface area contributed by atoms with Crippen molar-refractivity contribution in [1.82, 2.24) is 55.6 Å². The van der Waals surface area contributed by atoms with E-state index in [-0.39, 0.29) is 50.4 Å². The minimum absolute atomic E-state index is 0.0352. The van der Waals surface area contributed by atoms with Gasteiger partial charge in [0.05, 0.1) is 19.6 Å². The molecule has 1 heterocycles. The van der Waals surface area contributed by atoms with Gasteiger partial charge in [-0.15, -0.1) is 0 Å². The van der Waals surface area contributed by atoms with Crippen molar-refractivity contribution >= 4 is 76.6 Å². The summed E-state index contributed by atoms with van der Waals surface area (Å²) in [6.45, 7) is 15.4. The number of aryl methyl sites for hydroxylation is 1. The maximum Gasteiger partial charge on any atom is 0.248 e. The van der Waals surface area contributed by atoms with Crippen molar-refractivity contribution in [2.75, 3.05) is 69.0 Å². The van der Waals surface area contributed by atoms with Crippen LogP contribution in [0.1, 0.15) is 112 Å². The summed E-state index contributed by atoms with van der Waals surface area (Å²) in [4.78, 5) is 165. The highest BCUT2D eigenvalue weighted by molar-refractivity contribution is 6.30. The van der Waals surface area contributed by atoms with Gasteiger partial charge >= 0.3 is 0 Å². The number of halogens is 2. The zero-order chi connectivity index (χ0) is 64.5. The Kier molecular flexibility index (Phi) is 27.5. The van der Waals surface area contributed by atoms with E-state index < -0.39 is 144 Å². The fourth-order valence-corrected chi connectivity index (χ4v) is 9.93. The van der Waals surface area contributed by atoms with Crippen LogP contribution in [0.3, 0.4) is 0 Å². The second-order valence-corrected chi connectivity index (χ2v) is 24.6. The molecule has 3 rings (SSSR count). The number of benzene rings is 2. The lowest BCUT2D eigenvalue weighted by molar-refractivity contribution is -0.149. The lowest BCUT2D eigenvalue weighted by atomic mass is 9.95. The lowest BCUT2D eigenvalue weighted by Crippen LogP contribution is -2.63. The maximum absolute atomic E-state index is 14.8. The van der Waals surface area contributed by atoms with Gasteiger partial charge in [-0.1, -0.05) is 83.8 Å². The monoisotopic (exact) mass is 1210 g/mol. The van der Waals surface area contributed by atoms with E-state index in [1.54, 1.807) is 38.1 Å². The van der Waals surface area contributed by atoms with Gasteiger partial charge in [0.1, 0.15) is 47.6 Å². The van der Waals surface area contributed by atoms with Crippen molar-refractivity contribution < 1.29 is 57.1 Å². The van der Waals surface area contributed by atoms with Gasteiger partial charge in [-0.25, -0.2) is 4.39 Å². The average Bonchev–Trinajstić information content (AvgIpc) is 3.63. The normalized spacial score (nSPS) is 24.2. The lowest BCUT2D eigenvalue weighted by Gasteiger charge is -2.38. The van der Waals surface area contributed by atoms with Crippen LogP contribution in [-0.4, -0.2) is 216 Å². The predicted octanol–water partition coefficient (Wildman–Crippen LogP) is 3.27. The first-order valence-electron chi connectivity index (χ1n) is 29.0. The molecule has 0 aliphatic carbocycles. The summed E-state index contributed by atoms with van der Waals surface area (Å²) in [7, 11) is 9.72. The quantitative estimate of drug-likeness (QED) is 0.254. The molecule has 0 spiro atoms. The number of hydrogen-bond acceptors (Lipinski definition) is 11. The van der Waals surface area contributed by atoms with Crippen molar-refractivity contribution in [3.8, 4) is 0 Å². The molecule has 8 atom stereocenters. The number of amides is 11. The van der Waals surface area contributed by atoms with Crippen LogP contribution in [0.25, 0.3) is 0 Å². The zero-order valence-electron chi connectivity index (χ0n) is 52.8. The standard InChI is InChI=1S/C61H93ClFN11O11/c1-18-38(6)53-59(84)70(13)34-51(77)68(11)35-52(78)72(15)48(32-42-19-24-43(62)25-20-42)58(83)69(12)33-49(75)65-45(28-23-41-21-26-44(63)27-22-41)57(82)73(16)47(30-37(4)5)56(81)67-61(9,10)60(85)74(17)46(29-36(2)3)55(80)64-39(7)31-50(76)71(14)40(8)54(79)66-53/h19-22,24-27,36-40,45-48,53H,18,23,28-35H2,1-17H3,(H,64,80)(H,65,75)(H,66,79)(H,67,81)/t38-,39+,40-,45-,46-,47-,48-,53-/m0/s1. The Morgan fingerprint density at radius 3 is 1.66 bits per heavy atom. The molecule has 22 nitrogen and oxygen atoms in total. The third-order valence-electron chi connectivity index (χ3n) is 15.6. The Hall–Kier alpha value is -7.17. The summed E-state index contributed by atoms with van der Waals surface area (Å²) in [6, 6.07) is 4.27. The van der Waals surface area contributed by atoms with Crippen molar-refractivity contribution in [2.24, 2.45) is 17.8 Å². The molecule has 85 heavy (non-hydrogen) atoms. The Morgan fingerprint density at radius 2 is 1.11 bits per heavy atom. The predicted molar refractivity (Wildman–Crippen MR) is 321 cm³/mol. The van der Waals surface area contributed by atoms with Gasteiger partial charge in [-0.3, -0.25) is 52.7 Å². The van der Waals surface area contributed by atoms with Crippen molar-refractivity contribution in [1.29, 1.82) is 0 Å². The molecular formula is C61H93ClFN11O11. The molecule has 2 aromatic carbocycles. The van der Waals surface area contributed by atoms with Gasteiger partial charge in [-0.2, -0.15) is 0 Å². The van der Waals surface area contributed by atoms with E-state index in [2.05, 4.69) is 21.3 Å². The van der Waals surface area contributed by atoms with Crippen LogP contribution in [0.2, 0.25) is 5.02 Å². The third-order valence-corrected chi connectivity index (χ3v) is 15.9. The van der Waals surface area contributed by atoms with E-state index in [9.17, 15) is 57.1 Å². The van der Waals surface area contributed by atoms with E-state index in [4.69, 9.17) is 11.6 Å². The molecule has 0 saturated carbocycles. The van der Waals surface area contributed by atoms with Crippen molar-refractivity contribution in [2.45, 2.75) is 162 Å². The number of carbonyl (C=O) groups excluding carboxylic acids is 11. The molecule has 2 aromatic rings. The highest BCUT2D eigenvalue weighted by atomic mass is 35.5. The highest BCUT2D eigenvalue weighted by Gasteiger charge is 2.42. The van der Waals surface area contributed by atoms with Crippen LogP contribution in [0.15, 0.2) is 48.5 Å². The van der Waals surface area contributed by atoms with E-state index in [0.29, 0.717) is 22.6 Å². The smallest absolute Gasteiger partial charge is 0.248 e. The summed E-state index contributed by atoms with van der Waals surface area (Å²) in [5.41, 5.74) is -0.437. The average molecular weight is 1210 g/mol. The molecule has 0 bridgehead atoms. The number of hydrogen-bond donors (Lipinski definition) is 4. The second kappa shape index (κ2) is 32.4. The summed E-state index contributed by atoms with van der Waals surface area (Å²) in [5.74, 6) is -8.42.